The molecule has 1 atom stereocenters. The predicted molar refractivity (Wildman–Crippen MR) is 72.5 cm³/mol. The predicted octanol–water partition coefficient (Wildman–Crippen LogP) is 2.80. The molecule has 1 N–H and O–H groups in total. The molecule has 102 valence electrons. The first kappa shape index (κ1) is 15.2. The Morgan fingerprint density at radius 2 is 1.67 bits per heavy atom. The van der Waals surface area contributed by atoms with E-state index in [2.05, 4.69) is 13.8 Å². The summed E-state index contributed by atoms with van der Waals surface area (Å²) < 4.78 is 10.8. The van der Waals surface area contributed by atoms with E-state index >= 15 is 0 Å². The first-order chi connectivity index (χ1) is 8.70. The number of aliphatic hydroxyl groups is 1. The Bertz CT molecular complexity index is 298. The van der Waals surface area contributed by atoms with Gasteiger partial charge < -0.3 is 14.6 Å². The molecule has 1 rings (SSSR count). The summed E-state index contributed by atoms with van der Waals surface area (Å²) in [6.07, 6.45) is 0.177. The Morgan fingerprint density at radius 1 is 1.00 bits per heavy atom. The van der Waals surface area contributed by atoms with Gasteiger partial charge in [-0.15, -0.1) is 0 Å². The van der Waals surface area contributed by atoms with Crippen molar-refractivity contribution in [1.82, 2.24) is 0 Å². The highest BCUT2D eigenvalue weighted by Gasteiger charge is 2.05. The van der Waals surface area contributed by atoms with Crippen LogP contribution < -0.4 is 0 Å². The van der Waals surface area contributed by atoms with Crippen molar-refractivity contribution in [3.8, 4) is 0 Å². The van der Waals surface area contributed by atoms with Crippen LogP contribution in [-0.4, -0.2) is 31.5 Å². The second-order valence-electron chi connectivity index (χ2n) is 4.80. The van der Waals surface area contributed by atoms with E-state index < -0.39 is 6.10 Å². The fourth-order valence-electron chi connectivity index (χ4n) is 1.58. The summed E-state index contributed by atoms with van der Waals surface area (Å²) in [5.74, 6) is 0.560. The lowest BCUT2D eigenvalue weighted by Crippen LogP contribution is -2.10. The number of ether oxygens (including phenoxy) is 2. The van der Waals surface area contributed by atoms with Crippen LogP contribution in [0.3, 0.4) is 0 Å². The van der Waals surface area contributed by atoms with E-state index in [0.717, 1.165) is 12.2 Å². The number of aliphatic hydroxyl groups excluding tert-OH is 1. The number of hydrogen-bond acceptors (Lipinski definition) is 3. The third-order valence-electron chi connectivity index (χ3n) is 2.54. The molecular formula is C15H24O3. The molecule has 0 saturated carbocycles. The highest BCUT2D eigenvalue weighted by molar-refractivity contribution is 5.16. The van der Waals surface area contributed by atoms with Gasteiger partial charge in [0.15, 0.2) is 0 Å². The average molecular weight is 252 g/mol. The maximum absolute atomic E-state index is 9.88. The minimum Gasteiger partial charge on any atom is -0.388 e. The standard InChI is InChI=1S/C15H24O3/c1-13(2)12-18-11-10-17-9-8-15(16)14-6-4-3-5-7-14/h3-7,13,15-16H,8-12H2,1-2H3. The fourth-order valence-corrected chi connectivity index (χ4v) is 1.58. The molecule has 0 saturated heterocycles. The Labute approximate surface area is 110 Å². The van der Waals surface area contributed by atoms with Crippen LogP contribution in [0, 0.1) is 5.92 Å². The molecule has 0 aliphatic heterocycles. The summed E-state index contributed by atoms with van der Waals surface area (Å²) in [5.41, 5.74) is 0.942. The minimum atomic E-state index is -0.442. The minimum absolute atomic E-state index is 0.442. The molecule has 3 nitrogen and oxygen atoms in total. The van der Waals surface area contributed by atoms with Crippen molar-refractivity contribution in [3.05, 3.63) is 35.9 Å². The van der Waals surface area contributed by atoms with Crippen LogP contribution >= 0.6 is 0 Å². The first-order valence-corrected chi connectivity index (χ1v) is 6.58. The second kappa shape index (κ2) is 9.09. The molecule has 0 heterocycles. The lowest BCUT2D eigenvalue weighted by atomic mass is 10.1. The maximum atomic E-state index is 9.88. The van der Waals surface area contributed by atoms with Gasteiger partial charge in [0, 0.05) is 19.6 Å². The van der Waals surface area contributed by atoms with Crippen LogP contribution in [0.25, 0.3) is 0 Å². The van der Waals surface area contributed by atoms with Gasteiger partial charge in [0.25, 0.3) is 0 Å². The van der Waals surface area contributed by atoms with Gasteiger partial charge in [-0.2, -0.15) is 0 Å². The lowest BCUT2D eigenvalue weighted by molar-refractivity contribution is 0.0249. The number of benzene rings is 1. The largest absolute Gasteiger partial charge is 0.388 e. The van der Waals surface area contributed by atoms with Crippen molar-refractivity contribution >= 4 is 0 Å². The third-order valence-corrected chi connectivity index (χ3v) is 2.54. The summed E-state index contributed by atoms with van der Waals surface area (Å²) >= 11 is 0. The second-order valence-corrected chi connectivity index (χ2v) is 4.80. The molecular weight excluding hydrogens is 228 g/mol. The zero-order chi connectivity index (χ0) is 13.2. The summed E-state index contributed by atoms with van der Waals surface area (Å²) in [6.45, 7) is 6.79. The zero-order valence-electron chi connectivity index (χ0n) is 11.3. The van der Waals surface area contributed by atoms with E-state index in [1.54, 1.807) is 0 Å². The van der Waals surface area contributed by atoms with Gasteiger partial charge in [0.05, 0.1) is 19.3 Å². The van der Waals surface area contributed by atoms with E-state index in [4.69, 9.17) is 9.47 Å². The third kappa shape index (κ3) is 6.74. The Hall–Kier alpha value is -0.900. The molecule has 0 aliphatic rings. The zero-order valence-corrected chi connectivity index (χ0v) is 11.3. The van der Waals surface area contributed by atoms with Crippen LogP contribution in [0.15, 0.2) is 30.3 Å². The van der Waals surface area contributed by atoms with E-state index in [1.165, 1.54) is 0 Å². The van der Waals surface area contributed by atoms with Crippen LogP contribution in [-0.2, 0) is 9.47 Å². The van der Waals surface area contributed by atoms with Gasteiger partial charge in [-0.1, -0.05) is 44.2 Å². The summed E-state index contributed by atoms with van der Waals surface area (Å²) in [6, 6.07) is 9.66. The monoisotopic (exact) mass is 252 g/mol. The molecule has 0 spiro atoms. The highest BCUT2D eigenvalue weighted by atomic mass is 16.5. The quantitative estimate of drug-likeness (QED) is 0.687. The van der Waals surface area contributed by atoms with Crippen LogP contribution in [0.1, 0.15) is 31.9 Å². The van der Waals surface area contributed by atoms with Crippen molar-refractivity contribution in [1.29, 1.82) is 0 Å². The molecule has 0 radical (unpaired) electrons. The molecule has 0 bridgehead atoms. The summed E-state index contributed by atoms with van der Waals surface area (Å²) in [7, 11) is 0. The van der Waals surface area contributed by atoms with Gasteiger partial charge in [0.2, 0.25) is 0 Å². The van der Waals surface area contributed by atoms with Gasteiger partial charge in [-0.05, 0) is 11.5 Å². The van der Waals surface area contributed by atoms with E-state index in [1.807, 2.05) is 30.3 Å². The van der Waals surface area contributed by atoms with Crippen LogP contribution in [0.2, 0.25) is 0 Å². The first-order valence-electron chi connectivity index (χ1n) is 6.58. The van der Waals surface area contributed by atoms with Gasteiger partial charge in [-0.25, -0.2) is 0 Å². The van der Waals surface area contributed by atoms with Crippen molar-refractivity contribution in [2.24, 2.45) is 5.92 Å². The smallest absolute Gasteiger partial charge is 0.0812 e. The lowest BCUT2D eigenvalue weighted by Gasteiger charge is -2.11. The molecule has 0 fully saturated rings. The van der Waals surface area contributed by atoms with Crippen molar-refractivity contribution < 1.29 is 14.6 Å². The molecule has 0 aliphatic carbocycles. The van der Waals surface area contributed by atoms with Crippen molar-refractivity contribution in [3.63, 3.8) is 0 Å². The number of hydrogen-bond donors (Lipinski definition) is 1. The van der Waals surface area contributed by atoms with E-state index in [-0.39, 0.29) is 0 Å². The highest BCUT2D eigenvalue weighted by Crippen LogP contribution is 2.15. The molecule has 1 aromatic carbocycles. The maximum Gasteiger partial charge on any atom is 0.0812 e. The molecule has 0 amide bonds. The average Bonchev–Trinajstić information content (AvgIpc) is 2.38. The summed E-state index contributed by atoms with van der Waals surface area (Å²) in [5, 5.41) is 9.88. The Morgan fingerprint density at radius 3 is 2.33 bits per heavy atom. The molecule has 1 aromatic rings. The Kier molecular flexibility index (Phi) is 7.65. The van der Waals surface area contributed by atoms with Crippen LogP contribution in [0.4, 0.5) is 0 Å². The van der Waals surface area contributed by atoms with E-state index in [0.29, 0.717) is 32.2 Å². The Balaban J connectivity index is 2.01. The fraction of sp³-hybridized carbons (Fsp3) is 0.600. The van der Waals surface area contributed by atoms with Gasteiger partial charge >= 0.3 is 0 Å². The normalized spacial score (nSPS) is 12.9. The van der Waals surface area contributed by atoms with Crippen molar-refractivity contribution in [2.45, 2.75) is 26.4 Å². The SMILES string of the molecule is CC(C)COCCOCCC(O)c1ccccc1. The topological polar surface area (TPSA) is 38.7 Å². The van der Waals surface area contributed by atoms with Crippen molar-refractivity contribution in [2.75, 3.05) is 26.4 Å². The molecule has 18 heavy (non-hydrogen) atoms. The molecule has 1 unspecified atom stereocenters. The van der Waals surface area contributed by atoms with Gasteiger partial charge in [0.1, 0.15) is 0 Å². The molecule has 0 aromatic heterocycles. The molecule has 3 heteroatoms. The van der Waals surface area contributed by atoms with E-state index in [9.17, 15) is 5.11 Å². The number of rotatable bonds is 9. The van der Waals surface area contributed by atoms with Gasteiger partial charge in [-0.3, -0.25) is 0 Å². The van der Waals surface area contributed by atoms with Crippen LogP contribution in [0.5, 0.6) is 0 Å². The summed E-state index contributed by atoms with van der Waals surface area (Å²) in [4.78, 5) is 0.